The molecule has 27 heavy (non-hydrogen) atoms. The van der Waals surface area contributed by atoms with E-state index in [0.29, 0.717) is 12.2 Å². The highest BCUT2D eigenvalue weighted by Crippen LogP contribution is 2.37. The fourth-order valence-corrected chi connectivity index (χ4v) is 3.55. The molecule has 1 aliphatic rings. The van der Waals surface area contributed by atoms with Crippen molar-refractivity contribution in [3.63, 3.8) is 0 Å². The van der Waals surface area contributed by atoms with Crippen LogP contribution >= 0.6 is 0 Å². The molecule has 0 fully saturated rings. The Balaban J connectivity index is 1.41. The lowest BCUT2D eigenvalue weighted by Crippen LogP contribution is -2.37. The van der Waals surface area contributed by atoms with E-state index in [2.05, 4.69) is 0 Å². The minimum atomic E-state index is -0.784. The van der Waals surface area contributed by atoms with Gasteiger partial charge in [0.05, 0.1) is 38.7 Å². The van der Waals surface area contributed by atoms with Gasteiger partial charge in [0.1, 0.15) is 5.75 Å². The van der Waals surface area contributed by atoms with Crippen molar-refractivity contribution < 1.29 is 19.4 Å². The van der Waals surface area contributed by atoms with Gasteiger partial charge in [-0.2, -0.15) is 0 Å². The quantitative estimate of drug-likeness (QED) is 0.699. The lowest BCUT2D eigenvalue weighted by atomic mass is 10.1. The number of β-amino-alcohol motifs (C(OH)–C–C–N with tert-alkyl or cyclic N) is 1. The van der Waals surface area contributed by atoms with Gasteiger partial charge < -0.3 is 19.5 Å². The first-order chi connectivity index (χ1) is 13.2. The molecule has 5 nitrogen and oxygen atoms in total. The average Bonchev–Trinajstić information content (AvgIpc) is 2.96. The largest absolute Gasteiger partial charge is 0.496 e. The number of hydrogen-bond acceptors (Lipinski definition) is 4. The minimum Gasteiger partial charge on any atom is -0.496 e. The number of carbonyl (C=O) groups is 1. The molecule has 1 heterocycles. The Hall–Kier alpha value is -2.89. The number of nitrogens with zero attached hydrogens (tertiary/aromatic N) is 1. The van der Waals surface area contributed by atoms with Crippen molar-refractivity contribution >= 4 is 22.4 Å². The second kappa shape index (κ2) is 7.39. The monoisotopic (exact) mass is 363 g/mol. The summed E-state index contributed by atoms with van der Waals surface area (Å²) in [5.74, 6) is 0.675. The van der Waals surface area contributed by atoms with Crippen molar-refractivity contribution in [1.29, 1.82) is 0 Å². The van der Waals surface area contributed by atoms with Gasteiger partial charge in [-0.1, -0.05) is 42.5 Å². The van der Waals surface area contributed by atoms with Crippen LogP contribution in [0.3, 0.4) is 0 Å². The Morgan fingerprint density at radius 2 is 1.81 bits per heavy atom. The molecule has 0 saturated heterocycles. The molecule has 0 radical (unpaired) electrons. The van der Waals surface area contributed by atoms with Gasteiger partial charge in [-0.15, -0.1) is 0 Å². The van der Waals surface area contributed by atoms with Crippen molar-refractivity contribution in [3.8, 4) is 5.75 Å². The molecular weight excluding hydrogens is 342 g/mol. The van der Waals surface area contributed by atoms with E-state index in [0.717, 1.165) is 27.8 Å². The van der Waals surface area contributed by atoms with Gasteiger partial charge in [-0.25, -0.2) is 0 Å². The number of methoxy groups -OCH3 is 1. The maximum Gasteiger partial charge on any atom is 0.259 e. The third-order valence-corrected chi connectivity index (χ3v) is 4.80. The van der Waals surface area contributed by atoms with E-state index in [1.807, 2.05) is 60.7 Å². The van der Waals surface area contributed by atoms with Crippen LogP contribution in [0.5, 0.6) is 5.75 Å². The van der Waals surface area contributed by atoms with E-state index in [9.17, 15) is 9.90 Å². The summed E-state index contributed by atoms with van der Waals surface area (Å²) in [6.45, 7) is 0.664. The maximum absolute atomic E-state index is 12.7. The summed E-state index contributed by atoms with van der Waals surface area (Å²) >= 11 is 0. The van der Waals surface area contributed by atoms with Crippen LogP contribution in [0.25, 0.3) is 10.8 Å². The van der Waals surface area contributed by atoms with Gasteiger partial charge in [0.25, 0.3) is 5.91 Å². The smallest absolute Gasteiger partial charge is 0.259 e. The number of para-hydroxylation sites is 1. The van der Waals surface area contributed by atoms with Crippen LogP contribution in [0.2, 0.25) is 0 Å². The number of ether oxygens (including phenoxy) is 2. The molecule has 0 aliphatic carbocycles. The number of aliphatic hydroxyl groups is 1. The third kappa shape index (κ3) is 3.27. The molecule has 0 aromatic heterocycles. The summed E-state index contributed by atoms with van der Waals surface area (Å²) in [5, 5.41) is 12.4. The summed E-state index contributed by atoms with van der Waals surface area (Å²) in [7, 11) is 1.62. The van der Waals surface area contributed by atoms with Crippen LogP contribution in [-0.4, -0.2) is 37.4 Å². The van der Waals surface area contributed by atoms with Crippen LogP contribution in [0.1, 0.15) is 15.9 Å². The highest BCUT2D eigenvalue weighted by atomic mass is 16.5. The molecule has 0 bridgehead atoms. The molecule has 0 spiro atoms. The lowest BCUT2D eigenvalue weighted by molar-refractivity contribution is 0.0310. The summed E-state index contributed by atoms with van der Waals surface area (Å²) in [4.78, 5) is 14.4. The van der Waals surface area contributed by atoms with Crippen molar-refractivity contribution in [2.45, 2.75) is 12.7 Å². The van der Waals surface area contributed by atoms with E-state index >= 15 is 0 Å². The van der Waals surface area contributed by atoms with Crippen LogP contribution in [0.4, 0.5) is 5.69 Å². The van der Waals surface area contributed by atoms with Gasteiger partial charge in [0.15, 0.2) is 0 Å². The van der Waals surface area contributed by atoms with Gasteiger partial charge >= 0.3 is 0 Å². The normalized spacial score (nSPS) is 14.0. The van der Waals surface area contributed by atoms with Crippen molar-refractivity contribution in [2.75, 3.05) is 25.2 Å². The second-order valence-electron chi connectivity index (χ2n) is 6.58. The van der Waals surface area contributed by atoms with Crippen molar-refractivity contribution in [2.24, 2.45) is 0 Å². The molecule has 3 aromatic carbocycles. The summed E-state index contributed by atoms with van der Waals surface area (Å²) in [6, 6.07) is 19.2. The molecule has 0 saturated carbocycles. The van der Waals surface area contributed by atoms with Gasteiger partial charge in [0, 0.05) is 16.5 Å². The molecule has 138 valence electrons. The summed E-state index contributed by atoms with van der Waals surface area (Å²) < 4.78 is 10.9. The Morgan fingerprint density at radius 1 is 1.04 bits per heavy atom. The van der Waals surface area contributed by atoms with E-state index in [-0.39, 0.29) is 19.1 Å². The number of aliphatic hydroxyl groups excluding tert-OH is 1. The molecule has 0 unspecified atom stereocenters. The van der Waals surface area contributed by atoms with Gasteiger partial charge in [-0.05, 0) is 23.6 Å². The standard InChI is InChI=1S/C22H21NO4/c1-26-20-11-3-2-6-16(20)13-27-14-17(24)12-23-19-10-5-8-15-7-4-9-18(21(15)19)22(23)25/h2-11,17,24H,12-14H2,1H3/t17-/m0/s1. The average molecular weight is 363 g/mol. The topological polar surface area (TPSA) is 59.0 Å². The zero-order valence-corrected chi connectivity index (χ0v) is 15.1. The number of rotatable bonds is 7. The molecule has 1 amide bonds. The van der Waals surface area contributed by atoms with E-state index in [1.54, 1.807) is 12.0 Å². The number of carbonyl (C=O) groups excluding carboxylic acids is 1. The predicted molar refractivity (Wildman–Crippen MR) is 104 cm³/mol. The highest BCUT2D eigenvalue weighted by molar-refractivity contribution is 6.25. The Morgan fingerprint density at radius 3 is 2.63 bits per heavy atom. The van der Waals surface area contributed by atoms with E-state index < -0.39 is 6.10 Å². The predicted octanol–water partition coefficient (Wildman–Crippen LogP) is 3.39. The van der Waals surface area contributed by atoms with Crippen molar-refractivity contribution in [1.82, 2.24) is 0 Å². The van der Waals surface area contributed by atoms with Gasteiger partial charge in [-0.3, -0.25) is 4.79 Å². The molecule has 1 atom stereocenters. The Labute approximate surface area is 157 Å². The second-order valence-corrected chi connectivity index (χ2v) is 6.58. The van der Waals surface area contributed by atoms with Crippen LogP contribution in [0.15, 0.2) is 60.7 Å². The van der Waals surface area contributed by atoms with Crippen LogP contribution in [0, 0.1) is 0 Å². The summed E-state index contributed by atoms with van der Waals surface area (Å²) in [6.07, 6.45) is -0.784. The Kier molecular flexibility index (Phi) is 4.79. The number of anilines is 1. The molecule has 5 heteroatoms. The van der Waals surface area contributed by atoms with E-state index in [4.69, 9.17) is 9.47 Å². The third-order valence-electron chi connectivity index (χ3n) is 4.80. The molecular formula is C22H21NO4. The number of benzene rings is 3. The minimum absolute atomic E-state index is 0.0782. The highest BCUT2D eigenvalue weighted by Gasteiger charge is 2.30. The zero-order chi connectivity index (χ0) is 18.8. The van der Waals surface area contributed by atoms with E-state index in [1.165, 1.54) is 0 Å². The maximum atomic E-state index is 12.7. The number of hydrogen-bond donors (Lipinski definition) is 1. The van der Waals surface area contributed by atoms with Gasteiger partial charge in [0.2, 0.25) is 0 Å². The molecule has 4 rings (SSSR count). The first-order valence-electron chi connectivity index (χ1n) is 8.90. The zero-order valence-electron chi connectivity index (χ0n) is 15.1. The SMILES string of the molecule is COc1ccccc1COC[C@@H](O)CN1C(=O)c2cccc3cccc1c23. The van der Waals surface area contributed by atoms with Crippen molar-refractivity contribution in [3.05, 3.63) is 71.8 Å². The fourth-order valence-electron chi connectivity index (χ4n) is 3.55. The fraction of sp³-hybridized carbons (Fsp3) is 0.227. The lowest BCUT2D eigenvalue weighted by Gasteiger charge is -2.21. The van der Waals surface area contributed by atoms with Crippen LogP contribution in [-0.2, 0) is 11.3 Å². The molecule has 1 aliphatic heterocycles. The first-order valence-corrected chi connectivity index (χ1v) is 8.90. The first kappa shape index (κ1) is 17.5. The Bertz CT molecular complexity index is 980. The molecule has 3 aromatic rings. The number of amides is 1. The summed E-state index contributed by atoms with van der Waals surface area (Å²) in [5.41, 5.74) is 2.45. The van der Waals surface area contributed by atoms with Crippen LogP contribution < -0.4 is 9.64 Å². The molecule has 1 N–H and O–H groups in total.